The molecule has 0 radical (unpaired) electrons. The van der Waals surface area contributed by atoms with Crippen LogP contribution >= 0.6 is 11.3 Å². The molecule has 0 fully saturated rings. The van der Waals surface area contributed by atoms with Gasteiger partial charge in [-0.1, -0.05) is 18.2 Å². The Morgan fingerprint density at radius 1 is 1.22 bits per heavy atom. The van der Waals surface area contributed by atoms with E-state index in [-0.39, 0.29) is 12.5 Å². The maximum Gasteiger partial charge on any atom is 0.341 e. The summed E-state index contributed by atoms with van der Waals surface area (Å²) < 4.78 is 5.11. The van der Waals surface area contributed by atoms with Gasteiger partial charge >= 0.3 is 5.97 Å². The molecular formula is C17H19NO4S. The number of hydrogen-bond acceptors (Lipinski definition) is 4. The predicted molar refractivity (Wildman–Crippen MR) is 88.7 cm³/mol. The van der Waals surface area contributed by atoms with Crippen molar-refractivity contribution in [3.8, 4) is 5.75 Å². The lowest BCUT2D eigenvalue weighted by Crippen LogP contribution is -2.22. The molecule has 1 aromatic carbocycles. The molecule has 1 heterocycles. The van der Waals surface area contributed by atoms with Gasteiger partial charge in [0.2, 0.25) is 5.91 Å². The maximum atomic E-state index is 11.8. The van der Waals surface area contributed by atoms with Crippen molar-refractivity contribution in [3.63, 3.8) is 0 Å². The molecule has 23 heavy (non-hydrogen) atoms. The van der Waals surface area contributed by atoms with Gasteiger partial charge in [0.25, 0.3) is 0 Å². The second-order valence-electron chi connectivity index (χ2n) is 5.04. The van der Waals surface area contributed by atoms with Crippen LogP contribution < -0.4 is 10.1 Å². The highest BCUT2D eigenvalue weighted by Crippen LogP contribution is 2.14. The number of nitrogens with one attached hydrogen (secondary N) is 1. The highest BCUT2D eigenvalue weighted by atomic mass is 32.1. The van der Waals surface area contributed by atoms with Gasteiger partial charge in [-0.3, -0.25) is 4.79 Å². The van der Waals surface area contributed by atoms with E-state index < -0.39 is 5.97 Å². The Balaban J connectivity index is 1.71. The third-order valence-electron chi connectivity index (χ3n) is 3.16. The number of benzene rings is 1. The maximum absolute atomic E-state index is 11.8. The second kappa shape index (κ2) is 8.95. The molecule has 0 saturated carbocycles. The number of aryl methyl sites for hydroxylation is 1. The zero-order chi connectivity index (χ0) is 16.5. The van der Waals surface area contributed by atoms with Crippen LogP contribution in [0.25, 0.3) is 0 Å². The molecule has 0 spiro atoms. The molecule has 0 saturated heterocycles. The summed E-state index contributed by atoms with van der Waals surface area (Å²) in [6.45, 7) is 0.0284. The highest BCUT2D eigenvalue weighted by Gasteiger charge is 2.04. The molecule has 0 atom stereocenters. The Morgan fingerprint density at radius 2 is 2.09 bits per heavy atom. The number of carboxylic acids is 1. The van der Waals surface area contributed by atoms with Crippen LogP contribution in [0.1, 0.15) is 23.3 Å². The Hall–Kier alpha value is -2.34. The molecule has 1 amide bonds. The third-order valence-corrected chi connectivity index (χ3v) is 4.09. The third kappa shape index (κ3) is 6.52. The van der Waals surface area contributed by atoms with Crippen LogP contribution in [0.15, 0.2) is 41.8 Å². The van der Waals surface area contributed by atoms with Gasteiger partial charge < -0.3 is 15.2 Å². The van der Waals surface area contributed by atoms with Gasteiger partial charge in [-0.2, -0.15) is 0 Å². The minimum Gasteiger partial charge on any atom is -0.482 e. The molecular weight excluding hydrogens is 314 g/mol. The quantitative estimate of drug-likeness (QED) is 0.740. The molecule has 5 nitrogen and oxygen atoms in total. The number of rotatable bonds is 9. The fourth-order valence-electron chi connectivity index (χ4n) is 2.06. The summed E-state index contributed by atoms with van der Waals surface area (Å²) in [6, 6.07) is 11.1. The molecule has 1 aromatic heterocycles. The Kier molecular flexibility index (Phi) is 6.62. The van der Waals surface area contributed by atoms with Crippen molar-refractivity contribution in [3.05, 3.63) is 52.2 Å². The number of aliphatic carboxylic acids is 1. The zero-order valence-electron chi connectivity index (χ0n) is 12.7. The van der Waals surface area contributed by atoms with Crippen molar-refractivity contribution in [2.45, 2.75) is 25.8 Å². The number of amides is 1. The van der Waals surface area contributed by atoms with Gasteiger partial charge in [-0.25, -0.2) is 4.79 Å². The topological polar surface area (TPSA) is 75.6 Å². The molecule has 6 heteroatoms. The van der Waals surface area contributed by atoms with Crippen molar-refractivity contribution in [1.82, 2.24) is 5.32 Å². The van der Waals surface area contributed by atoms with Crippen LogP contribution in [0.2, 0.25) is 0 Å². The van der Waals surface area contributed by atoms with Gasteiger partial charge in [0.1, 0.15) is 5.75 Å². The molecule has 2 rings (SSSR count). The lowest BCUT2D eigenvalue weighted by atomic mass is 10.2. The van der Waals surface area contributed by atoms with Crippen LogP contribution in [0.3, 0.4) is 0 Å². The van der Waals surface area contributed by atoms with Crippen LogP contribution in [0.4, 0.5) is 0 Å². The number of carbonyl (C=O) groups is 2. The Morgan fingerprint density at radius 3 is 2.83 bits per heavy atom. The first-order chi connectivity index (χ1) is 11.1. The lowest BCUT2D eigenvalue weighted by Gasteiger charge is -2.08. The summed E-state index contributed by atoms with van der Waals surface area (Å²) >= 11 is 1.71. The van der Waals surface area contributed by atoms with Crippen molar-refractivity contribution < 1.29 is 19.4 Å². The SMILES string of the molecule is O=C(O)COc1cccc(CNC(=O)CCCc2cccs2)c1. The summed E-state index contributed by atoms with van der Waals surface area (Å²) in [4.78, 5) is 23.6. The zero-order valence-corrected chi connectivity index (χ0v) is 13.5. The first kappa shape index (κ1) is 17.0. The van der Waals surface area contributed by atoms with Crippen LogP contribution in [0, 0.1) is 0 Å². The van der Waals surface area contributed by atoms with Gasteiger partial charge in [0.05, 0.1) is 0 Å². The predicted octanol–water partition coefficient (Wildman–Crippen LogP) is 2.85. The van der Waals surface area contributed by atoms with E-state index in [2.05, 4.69) is 11.4 Å². The van der Waals surface area contributed by atoms with Gasteiger partial charge in [0.15, 0.2) is 6.61 Å². The van der Waals surface area contributed by atoms with E-state index in [0.717, 1.165) is 18.4 Å². The fourth-order valence-corrected chi connectivity index (χ4v) is 2.81. The molecule has 0 aliphatic rings. The molecule has 2 N–H and O–H groups in total. The molecule has 2 aromatic rings. The summed E-state index contributed by atoms with van der Waals surface area (Å²) in [6.07, 6.45) is 2.24. The fraction of sp³-hybridized carbons (Fsp3) is 0.294. The molecule has 122 valence electrons. The number of carboxylic acid groups (broad SMARTS) is 1. The standard InChI is InChI=1S/C17H19NO4S/c19-16(8-2-6-15-7-3-9-23-15)18-11-13-4-1-5-14(10-13)22-12-17(20)21/h1,3-5,7,9-10H,2,6,8,11-12H2,(H,18,19)(H,20,21). The Labute approximate surface area is 138 Å². The average Bonchev–Trinajstić information content (AvgIpc) is 3.05. The first-order valence-corrected chi connectivity index (χ1v) is 8.24. The molecule has 0 unspecified atom stereocenters. The average molecular weight is 333 g/mol. The number of thiophene rings is 1. The summed E-state index contributed by atoms with van der Waals surface area (Å²) in [5.74, 6) is -0.523. The number of carbonyl (C=O) groups excluding carboxylic acids is 1. The minimum atomic E-state index is -1.02. The van der Waals surface area contributed by atoms with Crippen molar-refractivity contribution in [2.24, 2.45) is 0 Å². The summed E-state index contributed by atoms with van der Waals surface area (Å²) in [5, 5.41) is 13.5. The van der Waals surface area contributed by atoms with E-state index in [4.69, 9.17) is 9.84 Å². The van der Waals surface area contributed by atoms with E-state index in [0.29, 0.717) is 18.7 Å². The lowest BCUT2D eigenvalue weighted by molar-refractivity contribution is -0.139. The van der Waals surface area contributed by atoms with Gasteiger partial charge in [-0.05, 0) is 42.0 Å². The summed E-state index contributed by atoms with van der Waals surface area (Å²) in [5.41, 5.74) is 0.875. The van der Waals surface area contributed by atoms with E-state index >= 15 is 0 Å². The van der Waals surface area contributed by atoms with Crippen LogP contribution in [0.5, 0.6) is 5.75 Å². The van der Waals surface area contributed by atoms with E-state index in [1.54, 1.807) is 29.5 Å². The Bertz CT molecular complexity index is 640. The van der Waals surface area contributed by atoms with Crippen molar-refractivity contribution >= 4 is 23.2 Å². The second-order valence-corrected chi connectivity index (χ2v) is 6.07. The first-order valence-electron chi connectivity index (χ1n) is 7.36. The van der Waals surface area contributed by atoms with Crippen molar-refractivity contribution in [1.29, 1.82) is 0 Å². The summed E-state index contributed by atoms with van der Waals surface area (Å²) in [7, 11) is 0. The van der Waals surface area contributed by atoms with Crippen LogP contribution in [-0.2, 0) is 22.6 Å². The minimum absolute atomic E-state index is 0.0124. The van der Waals surface area contributed by atoms with Crippen LogP contribution in [-0.4, -0.2) is 23.6 Å². The highest BCUT2D eigenvalue weighted by molar-refractivity contribution is 7.09. The van der Waals surface area contributed by atoms with Gasteiger partial charge in [-0.15, -0.1) is 11.3 Å². The molecule has 0 aliphatic heterocycles. The number of ether oxygens (including phenoxy) is 1. The molecule has 0 bridgehead atoms. The van der Waals surface area contributed by atoms with E-state index in [1.165, 1.54) is 4.88 Å². The van der Waals surface area contributed by atoms with E-state index in [1.807, 2.05) is 17.5 Å². The number of hydrogen-bond donors (Lipinski definition) is 2. The van der Waals surface area contributed by atoms with Gasteiger partial charge in [0, 0.05) is 17.8 Å². The van der Waals surface area contributed by atoms with E-state index in [9.17, 15) is 9.59 Å². The van der Waals surface area contributed by atoms with Crippen molar-refractivity contribution in [2.75, 3.05) is 6.61 Å². The normalized spacial score (nSPS) is 10.3. The molecule has 0 aliphatic carbocycles. The monoisotopic (exact) mass is 333 g/mol. The smallest absolute Gasteiger partial charge is 0.341 e. The largest absolute Gasteiger partial charge is 0.482 e.